The van der Waals surface area contributed by atoms with Crippen LogP contribution in [0.3, 0.4) is 0 Å². The Bertz CT molecular complexity index is 1210. The molecule has 0 aliphatic heterocycles. The summed E-state index contributed by atoms with van der Waals surface area (Å²) >= 11 is 0. The molecule has 2 unspecified atom stereocenters. The van der Waals surface area contributed by atoms with Crippen LogP contribution in [0.15, 0.2) is 109 Å². The molecule has 0 aromatic rings. The zero-order valence-electron chi connectivity index (χ0n) is 32.7. The Morgan fingerprint density at radius 2 is 1.02 bits per heavy atom. The summed E-state index contributed by atoms with van der Waals surface area (Å²) in [4.78, 5) is 36.7. The average molecular weight is 722 g/mol. The van der Waals surface area contributed by atoms with Crippen molar-refractivity contribution in [2.24, 2.45) is 0 Å². The highest BCUT2D eigenvalue weighted by molar-refractivity contribution is 5.70. The first-order valence-electron chi connectivity index (χ1n) is 19.0. The van der Waals surface area contributed by atoms with Gasteiger partial charge in [-0.2, -0.15) is 0 Å². The molecule has 0 amide bonds. The number of hydrogen-bond acceptors (Lipinski definition) is 7. The van der Waals surface area contributed by atoms with Gasteiger partial charge in [0.2, 0.25) is 0 Å². The predicted molar refractivity (Wildman–Crippen MR) is 212 cm³/mol. The van der Waals surface area contributed by atoms with Crippen LogP contribution in [0.1, 0.15) is 97.3 Å². The Kier molecular flexibility index (Phi) is 31.5. The van der Waals surface area contributed by atoms with Crippen LogP contribution in [0.5, 0.6) is 0 Å². The highest BCUT2D eigenvalue weighted by Crippen LogP contribution is 2.11. The molecule has 0 spiro atoms. The van der Waals surface area contributed by atoms with Gasteiger partial charge in [-0.15, -0.1) is 0 Å². The van der Waals surface area contributed by atoms with E-state index in [4.69, 9.17) is 14.2 Å². The summed E-state index contributed by atoms with van der Waals surface area (Å²) in [5, 5.41) is 11.6. The van der Waals surface area contributed by atoms with E-state index in [2.05, 4.69) is 38.2 Å². The van der Waals surface area contributed by atoms with Crippen molar-refractivity contribution < 1.29 is 38.2 Å². The number of hydrogen-bond donors (Lipinski definition) is 0. The van der Waals surface area contributed by atoms with Crippen LogP contribution < -0.4 is 5.11 Å². The molecule has 0 aromatic heterocycles. The number of carbonyl (C=O) groups excluding carboxylic acids is 3. The van der Waals surface area contributed by atoms with Gasteiger partial charge in [-0.05, 0) is 51.4 Å². The number of quaternary nitrogens is 1. The quantitative estimate of drug-likeness (QED) is 0.0307. The van der Waals surface area contributed by atoms with Gasteiger partial charge in [-0.1, -0.05) is 136 Å². The Hall–Kier alpha value is -4.01. The number of esters is 2. The predicted octanol–water partition coefficient (Wildman–Crippen LogP) is 8.40. The minimum absolute atomic E-state index is 0.00162. The molecule has 8 nitrogen and oxygen atoms in total. The maximum absolute atomic E-state index is 12.6. The highest BCUT2D eigenvalue weighted by Gasteiger charge is 2.25. The van der Waals surface area contributed by atoms with Gasteiger partial charge in [0.1, 0.15) is 12.6 Å². The van der Waals surface area contributed by atoms with Gasteiger partial charge < -0.3 is 28.6 Å². The molecule has 8 heteroatoms. The van der Waals surface area contributed by atoms with E-state index in [1.807, 2.05) is 85.1 Å². The van der Waals surface area contributed by atoms with Crippen molar-refractivity contribution in [3.8, 4) is 0 Å². The molecule has 0 rings (SSSR count). The average Bonchev–Trinajstić information content (AvgIpc) is 3.09. The summed E-state index contributed by atoms with van der Waals surface area (Å²) in [5.41, 5.74) is 0. The zero-order chi connectivity index (χ0) is 38.5. The molecule has 2 atom stereocenters. The van der Waals surface area contributed by atoms with Crippen LogP contribution in [0.4, 0.5) is 0 Å². The van der Waals surface area contributed by atoms with Crippen molar-refractivity contribution >= 4 is 17.9 Å². The topological polar surface area (TPSA) is 102 Å². The van der Waals surface area contributed by atoms with Gasteiger partial charge in [0, 0.05) is 19.3 Å². The molecule has 290 valence electrons. The number of likely N-dealkylation sites (N-methyl/N-ethyl adjacent to an activating group) is 1. The number of carboxylic acid groups (broad SMARTS) is 1. The van der Waals surface area contributed by atoms with Crippen molar-refractivity contribution in [2.45, 2.75) is 109 Å². The minimum atomic E-state index is -1.15. The van der Waals surface area contributed by atoms with Crippen LogP contribution in [0.2, 0.25) is 0 Å². The molecule has 0 aliphatic carbocycles. The van der Waals surface area contributed by atoms with Crippen molar-refractivity contribution in [3.05, 3.63) is 109 Å². The van der Waals surface area contributed by atoms with Crippen LogP contribution in [0, 0.1) is 0 Å². The monoisotopic (exact) mass is 721 g/mol. The summed E-state index contributed by atoms with van der Waals surface area (Å²) < 4.78 is 17.0. The summed E-state index contributed by atoms with van der Waals surface area (Å²) in [5.74, 6) is -1.87. The Morgan fingerprint density at radius 3 is 1.46 bits per heavy atom. The van der Waals surface area contributed by atoms with E-state index in [0.29, 0.717) is 12.8 Å². The molecule has 0 radical (unpaired) electrons. The van der Waals surface area contributed by atoms with E-state index >= 15 is 0 Å². The molecule has 0 bridgehead atoms. The third-order valence-corrected chi connectivity index (χ3v) is 7.63. The largest absolute Gasteiger partial charge is 0.544 e. The molecule has 0 fully saturated rings. The smallest absolute Gasteiger partial charge is 0.306 e. The van der Waals surface area contributed by atoms with Gasteiger partial charge in [0.15, 0.2) is 6.10 Å². The molecular weight excluding hydrogens is 654 g/mol. The molecule has 52 heavy (non-hydrogen) atoms. The zero-order valence-corrected chi connectivity index (χ0v) is 32.7. The number of carbonyl (C=O) groups is 3. The fraction of sp³-hybridized carbons (Fsp3) is 0.523. The lowest BCUT2D eigenvalue weighted by atomic mass is 10.1. The standard InChI is InChI=1S/C44H67NO7/c1-6-8-10-12-14-16-18-20-21-23-25-27-29-31-33-35-43(47)52-40(38-50-37-36-41(44(48)49)45(3,4)5)39-51-42(46)34-32-30-28-26-24-22-19-17-15-13-11-9-7-2/h8-25,40-41H,6-7,26-39H2,1-5H3/b10-8+,11-9+,14-12+,15-13+,18-16+,19-17+,21-20+,24-22+,25-23+. The van der Waals surface area contributed by atoms with Crippen LogP contribution >= 0.6 is 0 Å². The van der Waals surface area contributed by atoms with Gasteiger partial charge in [-0.25, -0.2) is 0 Å². The number of ether oxygens (including phenoxy) is 3. The van der Waals surface area contributed by atoms with Crippen LogP contribution in [0.25, 0.3) is 0 Å². The number of rotatable bonds is 31. The van der Waals surface area contributed by atoms with E-state index in [-0.39, 0.29) is 55.5 Å². The van der Waals surface area contributed by atoms with Gasteiger partial charge in [0.25, 0.3) is 0 Å². The number of allylic oxidation sites excluding steroid dienone is 18. The number of unbranched alkanes of at least 4 members (excludes halogenated alkanes) is 6. The van der Waals surface area contributed by atoms with Crippen LogP contribution in [-0.4, -0.2) is 75.5 Å². The molecule has 0 aromatic carbocycles. The van der Waals surface area contributed by atoms with Gasteiger partial charge >= 0.3 is 11.9 Å². The normalized spacial score (nSPS) is 14.2. The fourth-order valence-electron chi connectivity index (χ4n) is 4.69. The van der Waals surface area contributed by atoms with Gasteiger partial charge in [-0.3, -0.25) is 9.59 Å². The first-order chi connectivity index (χ1) is 25.1. The third-order valence-electron chi connectivity index (χ3n) is 7.63. The molecule has 0 heterocycles. The lowest BCUT2D eigenvalue weighted by molar-refractivity contribution is -0.889. The van der Waals surface area contributed by atoms with E-state index in [1.165, 1.54) is 0 Å². The summed E-state index contributed by atoms with van der Waals surface area (Å²) in [6.45, 7) is 4.24. The second-order valence-corrected chi connectivity index (χ2v) is 13.3. The number of carboxylic acids is 1. The van der Waals surface area contributed by atoms with E-state index in [9.17, 15) is 19.5 Å². The van der Waals surface area contributed by atoms with E-state index < -0.39 is 18.1 Å². The van der Waals surface area contributed by atoms with Crippen molar-refractivity contribution in [2.75, 3.05) is 41.0 Å². The third kappa shape index (κ3) is 31.9. The SMILES string of the molecule is CC/C=C/C=C/C=C/C=C/C=C/CCCCCC(=O)OC(COCCC(C(=O)[O-])[N+](C)(C)C)COC(=O)CCCCC/C=C/C=C/C=C/C=C/CC. The van der Waals surface area contributed by atoms with Crippen molar-refractivity contribution in [3.63, 3.8) is 0 Å². The second kappa shape index (κ2) is 34.1. The Balaban J connectivity index is 4.62. The summed E-state index contributed by atoms with van der Waals surface area (Å²) in [7, 11) is 5.35. The van der Waals surface area contributed by atoms with Gasteiger partial charge in [0.05, 0.1) is 40.3 Å². The molecular formula is C44H67NO7. The molecule has 0 saturated carbocycles. The molecule has 0 N–H and O–H groups in total. The number of nitrogens with zero attached hydrogens (tertiary/aromatic N) is 1. The van der Waals surface area contributed by atoms with E-state index in [0.717, 1.165) is 51.4 Å². The molecule has 0 aliphatic rings. The number of aliphatic carboxylic acids is 1. The van der Waals surface area contributed by atoms with E-state index in [1.54, 1.807) is 21.1 Å². The highest BCUT2D eigenvalue weighted by atomic mass is 16.6. The second-order valence-electron chi connectivity index (χ2n) is 13.3. The first-order valence-corrected chi connectivity index (χ1v) is 19.0. The summed E-state index contributed by atoms with van der Waals surface area (Å²) in [6.07, 6.45) is 45.5. The van der Waals surface area contributed by atoms with Crippen molar-refractivity contribution in [1.29, 1.82) is 0 Å². The lowest BCUT2D eigenvalue weighted by Crippen LogP contribution is -2.55. The maximum atomic E-state index is 12.6. The van der Waals surface area contributed by atoms with Crippen molar-refractivity contribution in [1.82, 2.24) is 0 Å². The Labute approximate surface area is 315 Å². The summed E-state index contributed by atoms with van der Waals surface area (Å²) in [6, 6.07) is -0.746. The fourth-order valence-corrected chi connectivity index (χ4v) is 4.69. The first kappa shape index (κ1) is 48.0. The minimum Gasteiger partial charge on any atom is -0.544 e. The lowest BCUT2D eigenvalue weighted by Gasteiger charge is -2.34. The maximum Gasteiger partial charge on any atom is 0.306 e. The van der Waals surface area contributed by atoms with Crippen LogP contribution in [-0.2, 0) is 28.6 Å². The molecule has 0 saturated heterocycles. The Morgan fingerprint density at radius 1 is 0.577 bits per heavy atom.